The number of rotatable bonds is 5. The molecule has 19 heavy (non-hydrogen) atoms. The fourth-order valence-electron chi connectivity index (χ4n) is 1.71. The highest BCUT2D eigenvalue weighted by Crippen LogP contribution is 2.36. The fourth-order valence-corrected chi connectivity index (χ4v) is 1.95. The Morgan fingerprint density at radius 1 is 1.42 bits per heavy atom. The number of nitro groups is 1. The number of anilines is 1. The van der Waals surface area contributed by atoms with Gasteiger partial charge in [0, 0.05) is 6.54 Å². The van der Waals surface area contributed by atoms with Crippen LogP contribution in [0.4, 0.5) is 24.5 Å². The van der Waals surface area contributed by atoms with E-state index in [0.717, 1.165) is 4.90 Å². The first-order chi connectivity index (χ1) is 8.76. The van der Waals surface area contributed by atoms with Gasteiger partial charge in [-0.05, 0) is 18.6 Å². The van der Waals surface area contributed by atoms with Crippen molar-refractivity contribution < 1.29 is 18.1 Å². The van der Waals surface area contributed by atoms with Gasteiger partial charge < -0.3 is 4.90 Å². The maximum absolute atomic E-state index is 12.5. The highest BCUT2D eigenvalue weighted by molar-refractivity contribution is 6.33. The summed E-state index contributed by atoms with van der Waals surface area (Å²) in [6, 6.07) is 3.94. The number of nitro benzene ring substituents is 1. The lowest BCUT2D eigenvalue weighted by Crippen LogP contribution is -2.35. The molecule has 0 radical (unpaired) electrons. The lowest BCUT2D eigenvalue weighted by Gasteiger charge is -2.25. The molecule has 0 aromatic heterocycles. The van der Waals surface area contributed by atoms with Crippen LogP contribution in [-0.4, -0.2) is 24.2 Å². The SMILES string of the molecule is CCCN(CC(F)(F)F)c1cccc(Cl)c1[N+](=O)[O-]. The molecule has 0 aliphatic heterocycles. The first kappa shape index (κ1) is 15.6. The second kappa shape index (κ2) is 6.10. The van der Waals surface area contributed by atoms with Gasteiger partial charge in [0.05, 0.1) is 4.92 Å². The summed E-state index contributed by atoms with van der Waals surface area (Å²) >= 11 is 5.69. The molecule has 0 amide bonds. The smallest absolute Gasteiger partial charge is 0.357 e. The quantitative estimate of drug-likeness (QED) is 0.609. The number of nitrogens with zero attached hydrogens (tertiary/aromatic N) is 2. The molecule has 0 bridgehead atoms. The van der Waals surface area contributed by atoms with Crippen LogP contribution in [0.3, 0.4) is 0 Å². The number of para-hydroxylation sites is 1. The van der Waals surface area contributed by atoms with Gasteiger partial charge in [-0.15, -0.1) is 0 Å². The molecule has 0 unspecified atom stereocenters. The molecular formula is C11H12ClF3N2O2. The van der Waals surface area contributed by atoms with E-state index in [0.29, 0.717) is 6.42 Å². The Morgan fingerprint density at radius 2 is 2.05 bits per heavy atom. The molecule has 0 N–H and O–H groups in total. The molecule has 106 valence electrons. The molecule has 1 rings (SSSR count). The third kappa shape index (κ3) is 4.27. The van der Waals surface area contributed by atoms with Crippen molar-refractivity contribution in [1.29, 1.82) is 0 Å². The van der Waals surface area contributed by atoms with Gasteiger partial charge in [0.1, 0.15) is 17.3 Å². The van der Waals surface area contributed by atoms with Gasteiger partial charge in [-0.2, -0.15) is 13.2 Å². The van der Waals surface area contributed by atoms with E-state index in [2.05, 4.69) is 0 Å². The predicted molar refractivity (Wildman–Crippen MR) is 66.7 cm³/mol. The van der Waals surface area contributed by atoms with E-state index in [9.17, 15) is 23.3 Å². The van der Waals surface area contributed by atoms with Crippen molar-refractivity contribution in [3.63, 3.8) is 0 Å². The molecule has 0 heterocycles. The zero-order valence-corrected chi connectivity index (χ0v) is 10.8. The Labute approximate surface area is 112 Å². The molecule has 0 atom stereocenters. The van der Waals surface area contributed by atoms with Crippen molar-refractivity contribution >= 4 is 23.0 Å². The zero-order valence-electron chi connectivity index (χ0n) is 10.1. The van der Waals surface area contributed by atoms with Crippen molar-refractivity contribution in [3.05, 3.63) is 33.3 Å². The normalized spacial score (nSPS) is 11.4. The van der Waals surface area contributed by atoms with E-state index in [-0.39, 0.29) is 17.3 Å². The standard InChI is InChI=1S/C11H12ClF3N2O2/c1-2-6-16(7-11(13,14)15)9-5-3-4-8(12)10(9)17(18)19/h3-5H,2,6-7H2,1H3. The van der Waals surface area contributed by atoms with E-state index in [4.69, 9.17) is 11.6 Å². The van der Waals surface area contributed by atoms with Gasteiger partial charge in [-0.25, -0.2) is 0 Å². The maximum atomic E-state index is 12.5. The Balaban J connectivity index is 3.22. The molecular weight excluding hydrogens is 285 g/mol. The average Bonchev–Trinajstić information content (AvgIpc) is 2.25. The lowest BCUT2D eigenvalue weighted by atomic mass is 10.2. The van der Waals surface area contributed by atoms with Crippen LogP contribution in [-0.2, 0) is 0 Å². The van der Waals surface area contributed by atoms with E-state index in [1.54, 1.807) is 6.92 Å². The van der Waals surface area contributed by atoms with Gasteiger partial charge in [-0.3, -0.25) is 10.1 Å². The minimum absolute atomic E-state index is 0.0562. The molecule has 1 aromatic carbocycles. The van der Waals surface area contributed by atoms with Gasteiger partial charge in [0.15, 0.2) is 0 Å². The van der Waals surface area contributed by atoms with Gasteiger partial charge in [0.25, 0.3) is 0 Å². The fraction of sp³-hybridized carbons (Fsp3) is 0.455. The van der Waals surface area contributed by atoms with Crippen LogP contribution in [0.2, 0.25) is 5.02 Å². The molecule has 0 aliphatic carbocycles. The Bertz CT molecular complexity index is 466. The second-order valence-corrected chi connectivity index (χ2v) is 4.31. The summed E-state index contributed by atoms with van der Waals surface area (Å²) in [5.41, 5.74) is -0.612. The summed E-state index contributed by atoms with van der Waals surface area (Å²) < 4.78 is 37.5. The third-order valence-electron chi connectivity index (χ3n) is 2.35. The molecule has 1 aromatic rings. The van der Waals surface area contributed by atoms with E-state index in [1.165, 1.54) is 18.2 Å². The van der Waals surface area contributed by atoms with Gasteiger partial charge >= 0.3 is 11.9 Å². The molecule has 8 heteroatoms. The summed E-state index contributed by atoms with van der Waals surface area (Å²) in [4.78, 5) is 11.1. The Morgan fingerprint density at radius 3 is 2.53 bits per heavy atom. The van der Waals surface area contributed by atoms with Crippen LogP contribution in [0, 0.1) is 10.1 Å². The van der Waals surface area contributed by atoms with Crippen LogP contribution in [0.5, 0.6) is 0 Å². The second-order valence-electron chi connectivity index (χ2n) is 3.90. The molecule has 4 nitrogen and oxygen atoms in total. The zero-order chi connectivity index (χ0) is 14.6. The first-order valence-corrected chi connectivity index (χ1v) is 5.88. The largest absolute Gasteiger partial charge is 0.405 e. The topological polar surface area (TPSA) is 46.4 Å². The van der Waals surface area contributed by atoms with Crippen molar-refractivity contribution in [2.24, 2.45) is 0 Å². The van der Waals surface area contributed by atoms with Crippen molar-refractivity contribution in [1.82, 2.24) is 0 Å². The van der Waals surface area contributed by atoms with E-state index >= 15 is 0 Å². The third-order valence-corrected chi connectivity index (χ3v) is 2.66. The van der Waals surface area contributed by atoms with Gasteiger partial charge in [0.2, 0.25) is 0 Å². The average molecular weight is 297 g/mol. The summed E-state index contributed by atoms with van der Waals surface area (Å²) in [6.45, 7) is 0.502. The highest BCUT2D eigenvalue weighted by Gasteiger charge is 2.33. The van der Waals surface area contributed by atoms with Crippen molar-refractivity contribution in [3.8, 4) is 0 Å². The number of hydrogen-bond acceptors (Lipinski definition) is 3. The summed E-state index contributed by atoms with van der Waals surface area (Å²) in [5, 5.41) is 10.8. The van der Waals surface area contributed by atoms with Crippen molar-refractivity contribution in [2.75, 3.05) is 18.0 Å². The van der Waals surface area contributed by atoms with Crippen LogP contribution < -0.4 is 4.90 Å². The van der Waals surface area contributed by atoms with Crippen LogP contribution in [0.25, 0.3) is 0 Å². The number of hydrogen-bond donors (Lipinski definition) is 0. The molecule has 0 fully saturated rings. The first-order valence-electron chi connectivity index (χ1n) is 5.51. The van der Waals surface area contributed by atoms with Crippen molar-refractivity contribution in [2.45, 2.75) is 19.5 Å². The minimum atomic E-state index is -4.44. The molecule has 0 saturated carbocycles. The Hall–Kier alpha value is -1.50. The molecule has 0 spiro atoms. The number of alkyl halides is 3. The van der Waals surface area contributed by atoms with Gasteiger partial charge in [-0.1, -0.05) is 24.6 Å². The molecule has 0 aliphatic rings. The highest BCUT2D eigenvalue weighted by atomic mass is 35.5. The summed E-state index contributed by atoms with van der Waals surface area (Å²) in [5.74, 6) is 0. The summed E-state index contributed by atoms with van der Waals surface area (Å²) in [7, 11) is 0. The van der Waals surface area contributed by atoms with Crippen LogP contribution in [0.15, 0.2) is 18.2 Å². The number of benzene rings is 1. The lowest BCUT2D eigenvalue weighted by molar-refractivity contribution is -0.384. The van der Waals surface area contributed by atoms with E-state index in [1.807, 2.05) is 0 Å². The predicted octanol–water partition coefficient (Wildman–Crippen LogP) is 4.03. The monoisotopic (exact) mass is 296 g/mol. The summed E-state index contributed by atoms with van der Waals surface area (Å²) in [6.07, 6.45) is -4.01. The molecule has 0 saturated heterocycles. The Kier molecular flexibility index (Phi) is 4.99. The van der Waals surface area contributed by atoms with Crippen LogP contribution >= 0.6 is 11.6 Å². The van der Waals surface area contributed by atoms with Crippen LogP contribution in [0.1, 0.15) is 13.3 Å². The maximum Gasteiger partial charge on any atom is 0.405 e. The minimum Gasteiger partial charge on any atom is -0.357 e. The van der Waals surface area contributed by atoms with E-state index < -0.39 is 23.3 Å². The number of halogens is 4.